The van der Waals surface area contributed by atoms with Crippen LogP contribution in [0.1, 0.15) is 6.92 Å². The van der Waals surface area contributed by atoms with Crippen LogP contribution in [0.2, 0.25) is 0 Å². The molecule has 0 aliphatic rings. The van der Waals surface area contributed by atoms with E-state index in [0.29, 0.717) is 24.5 Å². The molecule has 102 valence electrons. The first-order valence-corrected chi connectivity index (χ1v) is 5.82. The van der Waals surface area contributed by atoms with E-state index in [4.69, 9.17) is 4.74 Å². The molecule has 0 radical (unpaired) electrons. The third-order valence-corrected chi connectivity index (χ3v) is 2.62. The van der Waals surface area contributed by atoms with Crippen molar-refractivity contribution in [3.8, 4) is 0 Å². The summed E-state index contributed by atoms with van der Waals surface area (Å²) in [5.74, 6) is 1.81. The van der Waals surface area contributed by atoms with Gasteiger partial charge in [-0.1, -0.05) is 0 Å². The molecule has 1 N–H and O–H groups in total. The van der Waals surface area contributed by atoms with E-state index >= 15 is 0 Å². The van der Waals surface area contributed by atoms with Crippen LogP contribution in [-0.4, -0.2) is 62.9 Å². The number of ether oxygens (including phenoxy) is 1. The molecule has 18 heavy (non-hydrogen) atoms. The molecule has 0 saturated heterocycles. The standard InChI is InChI=1S/C11H22N6O/c1-8(7-18-6)17(5)11-14-9(12-2)13-10(15-11)16(3)4/h8H,7H2,1-6H3,(H,12,13,14,15). The minimum Gasteiger partial charge on any atom is -0.383 e. The molecule has 0 aliphatic heterocycles. The maximum atomic E-state index is 5.14. The third kappa shape index (κ3) is 3.43. The van der Waals surface area contributed by atoms with Gasteiger partial charge in [0.15, 0.2) is 0 Å². The predicted molar refractivity (Wildman–Crippen MR) is 73.4 cm³/mol. The van der Waals surface area contributed by atoms with Crippen LogP contribution < -0.4 is 15.1 Å². The molecule has 7 heteroatoms. The highest BCUT2D eigenvalue weighted by Gasteiger charge is 2.15. The molecule has 1 heterocycles. The summed E-state index contributed by atoms with van der Waals surface area (Å²) in [4.78, 5) is 16.9. The van der Waals surface area contributed by atoms with E-state index in [2.05, 4.69) is 27.2 Å². The lowest BCUT2D eigenvalue weighted by molar-refractivity contribution is 0.183. The zero-order valence-electron chi connectivity index (χ0n) is 11.9. The molecule has 0 amide bonds. The van der Waals surface area contributed by atoms with Crippen LogP contribution >= 0.6 is 0 Å². The van der Waals surface area contributed by atoms with Crippen molar-refractivity contribution in [3.63, 3.8) is 0 Å². The monoisotopic (exact) mass is 254 g/mol. The Hall–Kier alpha value is -1.63. The van der Waals surface area contributed by atoms with Crippen molar-refractivity contribution < 1.29 is 4.74 Å². The number of likely N-dealkylation sites (N-methyl/N-ethyl adjacent to an activating group) is 1. The number of rotatable bonds is 6. The fraction of sp³-hybridized carbons (Fsp3) is 0.727. The number of methoxy groups -OCH3 is 1. The lowest BCUT2D eigenvalue weighted by Gasteiger charge is -2.25. The molecule has 0 aromatic carbocycles. The Morgan fingerprint density at radius 1 is 1.17 bits per heavy atom. The normalized spacial score (nSPS) is 12.1. The number of nitrogens with zero attached hydrogens (tertiary/aromatic N) is 5. The van der Waals surface area contributed by atoms with Crippen LogP contribution in [0.15, 0.2) is 0 Å². The van der Waals surface area contributed by atoms with E-state index in [0.717, 1.165) is 0 Å². The second kappa shape index (κ2) is 6.34. The van der Waals surface area contributed by atoms with Crippen molar-refractivity contribution in [3.05, 3.63) is 0 Å². The van der Waals surface area contributed by atoms with E-state index < -0.39 is 0 Å². The summed E-state index contributed by atoms with van der Waals surface area (Å²) in [5, 5.41) is 2.94. The Balaban J connectivity index is 3.03. The van der Waals surface area contributed by atoms with Gasteiger partial charge >= 0.3 is 0 Å². The summed E-state index contributed by atoms with van der Waals surface area (Å²) in [6, 6.07) is 0.192. The average molecular weight is 254 g/mol. The van der Waals surface area contributed by atoms with Gasteiger partial charge in [-0.05, 0) is 6.92 Å². The summed E-state index contributed by atoms with van der Waals surface area (Å²) in [6.07, 6.45) is 0. The van der Waals surface area contributed by atoms with Crippen molar-refractivity contribution >= 4 is 17.8 Å². The second-order valence-electron chi connectivity index (χ2n) is 4.32. The Labute approximate surface area is 108 Å². The number of anilines is 3. The maximum absolute atomic E-state index is 5.14. The van der Waals surface area contributed by atoms with E-state index in [1.54, 1.807) is 14.2 Å². The fourth-order valence-corrected chi connectivity index (χ4v) is 1.37. The smallest absolute Gasteiger partial charge is 0.232 e. The summed E-state index contributed by atoms with van der Waals surface area (Å²) < 4.78 is 5.14. The van der Waals surface area contributed by atoms with Crippen LogP contribution in [0.5, 0.6) is 0 Å². The van der Waals surface area contributed by atoms with E-state index in [9.17, 15) is 0 Å². The summed E-state index contributed by atoms with van der Waals surface area (Å²) in [6.45, 7) is 2.68. The minimum atomic E-state index is 0.192. The first kappa shape index (κ1) is 14.4. The largest absolute Gasteiger partial charge is 0.383 e. The Kier molecular flexibility index (Phi) is 5.08. The highest BCUT2D eigenvalue weighted by molar-refractivity contribution is 5.44. The molecule has 1 unspecified atom stereocenters. The zero-order valence-corrected chi connectivity index (χ0v) is 11.9. The van der Waals surface area contributed by atoms with Gasteiger partial charge in [-0.15, -0.1) is 0 Å². The maximum Gasteiger partial charge on any atom is 0.232 e. The topological polar surface area (TPSA) is 66.4 Å². The SMILES string of the molecule is CNc1nc(N(C)C)nc(N(C)C(C)COC)n1. The minimum absolute atomic E-state index is 0.192. The quantitative estimate of drug-likeness (QED) is 0.790. The number of hydrogen-bond donors (Lipinski definition) is 1. The van der Waals surface area contributed by atoms with Gasteiger partial charge in [0, 0.05) is 35.3 Å². The fourth-order valence-electron chi connectivity index (χ4n) is 1.37. The molecular weight excluding hydrogens is 232 g/mol. The molecule has 1 rings (SSSR count). The molecule has 0 aliphatic carbocycles. The average Bonchev–Trinajstić information content (AvgIpc) is 2.37. The molecule has 1 atom stereocenters. The predicted octanol–water partition coefficient (Wildman–Crippen LogP) is 0.450. The van der Waals surface area contributed by atoms with Crippen molar-refractivity contribution in [1.82, 2.24) is 15.0 Å². The number of hydrogen-bond acceptors (Lipinski definition) is 7. The van der Waals surface area contributed by atoms with Gasteiger partial charge in [0.05, 0.1) is 12.6 Å². The first-order chi connectivity index (χ1) is 8.49. The van der Waals surface area contributed by atoms with Crippen LogP contribution in [0, 0.1) is 0 Å². The summed E-state index contributed by atoms with van der Waals surface area (Å²) >= 11 is 0. The number of aromatic nitrogens is 3. The van der Waals surface area contributed by atoms with Gasteiger partial charge in [0.1, 0.15) is 0 Å². The van der Waals surface area contributed by atoms with Gasteiger partial charge in [-0.2, -0.15) is 15.0 Å². The van der Waals surface area contributed by atoms with Crippen LogP contribution in [0.25, 0.3) is 0 Å². The zero-order chi connectivity index (χ0) is 13.7. The highest BCUT2D eigenvalue weighted by Crippen LogP contribution is 2.15. The summed E-state index contributed by atoms with van der Waals surface area (Å²) in [5.41, 5.74) is 0. The van der Waals surface area contributed by atoms with E-state index in [1.807, 2.05) is 30.9 Å². The third-order valence-electron chi connectivity index (χ3n) is 2.62. The molecule has 1 aromatic rings. The Morgan fingerprint density at radius 2 is 1.78 bits per heavy atom. The van der Waals surface area contributed by atoms with Gasteiger partial charge in [-0.3, -0.25) is 0 Å². The lowest BCUT2D eigenvalue weighted by Crippen LogP contribution is -2.34. The molecule has 0 bridgehead atoms. The highest BCUT2D eigenvalue weighted by atomic mass is 16.5. The number of nitrogens with one attached hydrogen (secondary N) is 1. The van der Waals surface area contributed by atoms with Crippen molar-refractivity contribution in [2.75, 3.05) is 57.0 Å². The Bertz CT molecular complexity index is 384. The lowest BCUT2D eigenvalue weighted by atomic mass is 10.3. The van der Waals surface area contributed by atoms with Gasteiger partial charge in [0.25, 0.3) is 0 Å². The molecular formula is C11H22N6O. The van der Waals surface area contributed by atoms with Crippen molar-refractivity contribution in [1.29, 1.82) is 0 Å². The van der Waals surface area contributed by atoms with Gasteiger partial charge in [0.2, 0.25) is 17.8 Å². The molecule has 7 nitrogen and oxygen atoms in total. The molecule has 1 aromatic heterocycles. The van der Waals surface area contributed by atoms with Crippen LogP contribution in [0.4, 0.5) is 17.8 Å². The van der Waals surface area contributed by atoms with Crippen molar-refractivity contribution in [2.45, 2.75) is 13.0 Å². The Morgan fingerprint density at radius 3 is 2.28 bits per heavy atom. The van der Waals surface area contributed by atoms with E-state index in [-0.39, 0.29) is 6.04 Å². The van der Waals surface area contributed by atoms with Gasteiger partial charge in [-0.25, -0.2) is 0 Å². The van der Waals surface area contributed by atoms with Crippen LogP contribution in [0.3, 0.4) is 0 Å². The molecule has 0 spiro atoms. The van der Waals surface area contributed by atoms with Gasteiger partial charge < -0.3 is 19.9 Å². The summed E-state index contributed by atoms with van der Waals surface area (Å²) in [7, 11) is 9.21. The second-order valence-corrected chi connectivity index (χ2v) is 4.32. The first-order valence-electron chi connectivity index (χ1n) is 5.82. The van der Waals surface area contributed by atoms with Crippen molar-refractivity contribution in [2.24, 2.45) is 0 Å². The van der Waals surface area contributed by atoms with Crippen LogP contribution in [-0.2, 0) is 4.74 Å². The molecule has 0 fully saturated rings. The van der Waals surface area contributed by atoms with E-state index in [1.165, 1.54) is 0 Å². The molecule has 0 saturated carbocycles.